The number of benzene rings is 2. The van der Waals surface area contributed by atoms with E-state index in [1.165, 1.54) is 21.6 Å². The van der Waals surface area contributed by atoms with E-state index in [4.69, 9.17) is 9.47 Å². The molecular formula is C34H42N2O6. The Labute approximate surface area is 248 Å². The van der Waals surface area contributed by atoms with Crippen LogP contribution >= 0.6 is 0 Å². The number of carbonyl (C=O) groups is 3. The van der Waals surface area contributed by atoms with Crippen LogP contribution in [0, 0.1) is 17.8 Å². The van der Waals surface area contributed by atoms with Gasteiger partial charge in [-0.2, -0.15) is 0 Å². The molecule has 8 heteroatoms. The predicted molar refractivity (Wildman–Crippen MR) is 157 cm³/mol. The van der Waals surface area contributed by atoms with Crippen LogP contribution in [0.25, 0.3) is 0 Å². The second kappa shape index (κ2) is 12.1. The molecule has 0 spiro atoms. The summed E-state index contributed by atoms with van der Waals surface area (Å²) in [7, 11) is 1.71. The zero-order valence-electron chi connectivity index (χ0n) is 24.7. The number of likely N-dealkylation sites (tertiary alicyclic amines) is 1. The van der Waals surface area contributed by atoms with Crippen molar-refractivity contribution in [3.63, 3.8) is 0 Å². The van der Waals surface area contributed by atoms with Crippen molar-refractivity contribution in [2.45, 2.75) is 76.8 Å². The standard InChI is InChI=1S/C34H42N2O6/c1-21(25-8-10-30-26(16-25)13-14-42-30)35(18-22-3-6-24(7-4-22)34(39)40)19-23-5-9-28(31(15-23)41-2)29-17-27(29)20-36-32(37)11-12-33(36)38/h5,8-10,15-16,21-22,24,27,29H,3-4,6-7,11-14,17-20H2,1-2H3,(H,39,40)/t21?,22-,24-,27?,29?. The van der Waals surface area contributed by atoms with E-state index in [2.05, 4.69) is 48.2 Å². The molecule has 2 aromatic rings. The summed E-state index contributed by atoms with van der Waals surface area (Å²) in [6.45, 7) is 5.18. The number of ether oxygens (including phenoxy) is 2. The van der Waals surface area contributed by atoms with Crippen LogP contribution in [0.5, 0.6) is 11.5 Å². The number of methoxy groups -OCH3 is 1. The summed E-state index contributed by atoms with van der Waals surface area (Å²) in [5, 5.41) is 9.48. The van der Waals surface area contributed by atoms with E-state index in [1.807, 2.05) is 0 Å². The maximum Gasteiger partial charge on any atom is 0.306 e. The first-order valence-corrected chi connectivity index (χ1v) is 15.5. The van der Waals surface area contributed by atoms with Gasteiger partial charge in [0.1, 0.15) is 11.5 Å². The molecule has 0 radical (unpaired) electrons. The van der Waals surface area contributed by atoms with Crippen molar-refractivity contribution in [2.24, 2.45) is 17.8 Å². The Morgan fingerprint density at radius 3 is 2.55 bits per heavy atom. The van der Waals surface area contributed by atoms with Gasteiger partial charge in [-0.25, -0.2) is 0 Å². The topological polar surface area (TPSA) is 96.4 Å². The number of nitrogens with zero attached hydrogens (tertiary/aromatic N) is 2. The Balaban J connectivity index is 1.18. The van der Waals surface area contributed by atoms with E-state index in [9.17, 15) is 19.5 Å². The Hall–Kier alpha value is -3.39. The molecule has 6 rings (SSSR count). The van der Waals surface area contributed by atoms with E-state index in [0.29, 0.717) is 31.2 Å². The highest BCUT2D eigenvalue weighted by Gasteiger charge is 2.44. The summed E-state index contributed by atoms with van der Waals surface area (Å²) in [6.07, 6.45) is 5.94. The Bertz CT molecular complexity index is 1330. The van der Waals surface area contributed by atoms with E-state index in [0.717, 1.165) is 75.3 Å². The minimum atomic E-state index is -0.664. The summed E-state index contributed by atoms with van der Waals surface area (Å²) < 4.78 is 11.6. The summed E-state index contributed by atoms with van der Waals surface area (Å²) in [5.74, 6) is 1.93. The highest BCUT2D eigenvalue weighted by Crippen LogP contribution is 2.51. The van der Waals surface area contributed by atoms with Crippen molar-refractivity contribution in [1.82, 2.24) is 9.80 Å². The molecule has 3 fully saturated rings. The Morgan fingerprint density at radius 2 is 1.83 bits per heavy atom. The number of carboxylic acid groups (broad SMARTS) is 1. The molecule has 1 N–H and O–H groups in total. The molecule has 2 heterocycles. The molecule has 0 bridgehead atoms. The Kier molecular flexibility index (Phi) is 8.26. The Morgan fingerprint density at radius 1 is 1.07 bits per heavy atom. The first kappa shape index (κ1) is 28.7. The lowest BCUT2D eigenvalue weighted by molar-refractivity contribution is -0.143. The first-order valence-electron chi connectivity index (χ1n) is 15.5. The second-order valence-electron chi connectivity index (χ2n) is 12.7. The number of imide groups is 1. The van der Waals surface area contributed by atoms with Gasteiger partial charge in [0.2, 0.25) is 11.8 Å². The normalized spacial score (nSPS) is 25.8. The van der Waals surface area contributed by atoms with Crippen molar-refractivity contribution in [3.05, 3.63) is 58.7 Å². The van der Waals surface area contributed by atoms with Gasteiger partial charge in [-0.15, -0.1) is 0 Å². The number of hydrogen-bond donors (Lipinski definition) is 1. The maximum atomic E-state index is 12.1. The number of hydrogen-bond acceptors (Lipinski definition) is 6. The highest BCUT2D eigenvalue weighted by molar-refractivity contribution is 6.01. The van der Waals surface area contributed by atoms with Gasteiger partial charge < -0.3 is 14.6 Å². The molecule has 2 amide bonds. The summed E-state index contributed by atoms with van der Waals surface area (Å²) in [5.41, 5.74) is 4.86. The van der Waals surface area contributed by atoms with Crippen LogP contribution in [0.15, 0.2) is 36.4 Å². The number of aliphatic carboxylic acids is 1. The van der Waals surface area contributed by atoms with Gasteiger partial charge in [0.25, 0.3) is 0 Å². The smallest absolute Gasteiger partial charge is 0.306 e. The third-order valence-electron chi connectivity index (χ3n) is 10.0. The van der Waals surface area contributed by atoms with Crippen LogP contribution in [0.4, 0.5) is 0 Å². The van der Waals surface area contributed by atoms with Crippen molar-refractivity contribution in [3.8, 4) is 11.5 Å². The average molecular weight is 575 g/mol. The largest absolute Gasteiger partial charge is 0.496 e. The molecule has 1 saturated heterocycles. The quantitative estimate of drug-likeness (QED) is 0.362. The van der Waals surface area contributed by atoms with Crippen LogP contribution in [-0.4, -0.2) is 59.5 Å². The number of amides is 2. The maximum absolute atomic E-state index is 12.1. The number of rotatable bonds is 11. The van der Waals surface area contributed by atoms with Crippen LogP contribution in [0.2, 0.25) is 0 Å². The van der Waals surface area contributed by atoms with E-state index in [-0.39, 0.29) is 29.7 Å². The van der Waals surface area contributed by atoms with E-state index < -0.39 is 5.97 Å². The molecule has 0 aromatic heterocycles. The zero-order chi connectivity index (χ0) is 29.4. The average Bonchev–Trinajstić information content (AvgIpc) is 3.47. The third-order valence-corrected chi connectivity index (χ3v) is 10.0. The lowest BCUT2D eigenvalue weighted by atomic mass is 9.81. The van der Waals surface area contributed by atoms with Crippen LogP contribution < -0.4 is 9.47 Å². The van der Waals surface area contributed by atoms with Crippen molar-refractivity contribution < 1.29 is 29.0 Å². The summed E-state index contributed by atoms with van der Waals surface area (Å²) >= 11 is 0. The zero-order valence-corrected chi connectivity index (χ0v) is 24.7. The minimum Gasteiger partial charge on any atom is -0.496 e. The van der Waals surface area contributed by atoms with Crippen LogP contribution in [0.3, 0.4) is 0 Å². The fourth-order valence-electron chi connectivity index (χ4n) is 7.25. The second-order valence-corrected chi connectivity index (χ2v) is 12.7. The van der Waals surface area contributed by atoms with Gasteiger partial charge >= 0.3 is 5.97 Å². The molecule has 3 atom stereocenters. The SMILES string of the molecule is COc1cc(CN(C[C@H]2CC[C@H](C(=O)O)CC2)C(C)c2ccc3c(c2)CCO3)ccc1C1CC1CN1C(=O)CCC1=O. The molecule has 42 heavy (non-hydrogen) atoms. The van der Waals surface area contributed by atoms with Crippen LogP contribution in [0.1, 0.15) is 86.1 Å². The molecule has 8 nitrogen and oxygen atoms in total. The van der Waals surface area contributed by atoms with Gasteiger partial charge in [0.05, 0.1) is 19.6 Å². The summed E-state index contributed by atoms with van der Waals surface area (Å²) in [4.78, 5) is 39.7. The minimum absolute atomic E-state index is 0.0467. The fourth-order valence-corrected chi connectivity index (χ4v) is 7.25. The van der Waals surface area contributed by atoms with Crippen molar-refractivity contribution in [2.75, 3.05) is 26.8 Å². The van der Waals surface area contributed by atoms with Crippen molar-refractivity contribution >= 4 is 17.8 Å². The van der Waals surface area contributed by atoms with Crippen LogP contribution in [-0.2, 0) is 27.3 Å². The number of carboxylic acids is 1. The van der Waals surface area contributed by atoms with Crippen molar-refractivity contribution in [1.29, 1.82) is 0 Å². The van der Waals surface area contributed by atoms with Gasteiger partial charge in [-0.05, 0) is 91.2 Å². The number of carbonyl (C=O) groups excluding carboxylic acids is 2. The first-order chi connectivity index (χ1) is 20.3. The van der Waals surface area contributed by atoms with Gasteiger partial charge in [-0.3, -0.25) is 24.2 Å². The molecule has 2 aliphatic carbocycles. The molecular weight excluding hydrogens is 532 g/mol. The van der Waals surface area contributed by atoms with Gasteiger partial charge in [0, 0.05) is 44.9 Å². The van der Waals surface area contributed by atoms with Gasteiger partial charge in [-0.1, -0.05) is 24.3 Å². The van der Waals surface area contributed by atoms with Gasteiger partial charge in [0.15, 0.2) is 0 Å². The fraction of sp³-hybridized carbons (Fsp3) is 0.559. The monoisotopic (exact) mass is 574 g/mol. The molecule has 224 valence electrons. The number of fused-ring (bicyclic) bond motifs is 1. The lowest BCUT2D eigenvalue weighted by Crippen LogP contribution is -2.34. The summed E-state index contributed by atoms with van der Waals surface area (Å²) in [6, 6.07) is 13.2. The van der Waals surface area contributed by atoms with E-state index >= 15 is 0 Å². The molecule has 2 saturated carbocycles. The highest BCUT2D eigenvalue weighted by atomic mass is 16.5. The lowest BCUT2D eigenvalue weighted by Gasteiger charge is -2.35. The predicted octanol–water partition coefficient (Wildman–Crippen LogP) is 5.34. The van der Waals surface area contributed by atoms with E-state index in [1.54, 1.807) is 7.11 Å². The third kappa shape index (κ3) is 6.05. The molecule has 2 aromatic carbocycles. The molecule has 2 aliphatic heterocycles. The molecule has 4 aliphatic rings. The molecule has 3 unspecified atom stereocenters.